The minimum absolute atomic E-state index is 0.158. The van der Waals surface area contributed by atoms with Crippen molar-refractivity contribution >= 4 is 6.08 Å². The second kappa shape index (κ2) is 5.13. The number of hydrogen-bond acceptors (Lipinski definition) is 2. The van der Waals surface area contributed by atoms with Gasteiger partial charge in [-0.2, -0.15) is 5.26 Å². The van der Waals surface area contributed by atoms with Crippen LogP contribution in [0.2, 0.25) is 0 Å². The fourth-order valence-electron chi connectivity index (χ4n) is 1.11. The third kappa shape index (κ3) is 3.10. The van der Waals surface area contributed by atoms with E-state index in [1.54, 1.807) is 6.08 Å². The van der Waals surface area contributed by atoms with Crippen LogP contribution in [-0.2, 0) is 6.42 Å². The molecule has 0 aliphatic rings. The van der Waals surface area contributed by atoms with E-state index in [9.17, 15) is 0 Å². The van der Waals surface area contributed by atoms with E-state index in [2.05, 4.69) is 0 Å². The molecule has 13 heavy (non-hydrogen) atoms. The van der Waals surface area contributed by atoms with Crippen LogP contribution in [0.25, 0.3) is 6.08 Å². The lowest BCUT2D eigenvalue weighted by molar-refractivity contribution is 0.299. The SMILES string of the molecule is N#CC=Cc1cccc(CCO)c1. The van der Waals surface area contributed by atoms with Crippen molar-refractivity contribution in [3.63, 3.8) is 0 Å². The number of allylic oxidation sites excluding steroid dienone is 1. The van der Waals surface area contributed by atoms with Crippen LogP contribution in [0.1, 0.15) is 11.1 Å². The number of rotatable bonds is 3. The number of nitriles is 1. The van der Waals surface area contributed by atoms with E-state index in [1.807, 2.05) is 30.3 Å². The molecule has 0 aliphatic heterocycles. The van der Waals surface area contributed by atoms with Crippen LogP contribution in [0.3, 0.4) is 0 Å². The van der Waals surface area contributed by atoms with Crippen LogP contribution in [0.4, 0.5) is 0 Å². The van der Waals surface area contributed by atoms with Gasteiger partial charge in [0.05, 0.1) is 6.07 Å². The number of hydrogen-bond donors (Lipinski definition) is 1. The Kier molecular flexibility index (Phi) is 3.74. The third-order valence-electron chi connectivity index (χ3n) is 1.70. The molecule has 2 heteroatoms. The first-order valence-electron chi connectivity index (χ1n) is 4.13. The van der Waals surface area contributed by atoms with Gasteiger partial charge in [0.2, 0.25) is 0 Å². The molecule has 0 bridgehead atoms. The van der Waals surface area contributed by atoms with Crippen LogP contribution in [0.15, 0.2) is 30.3 Å². The van der Waals surface area contributed by atoms with Gasteiger partial charge in [-0.1, -0.05) is 24.3 Å². The van der Waals surface area contributed by atoms with Gasteiger partial charge >= 0.3 is 0 Å². The van der Waals surface area contributed by atoms with E-state index in [1.165, 1.54) is 6.08 Å². The minimum Gasteiger partial charge on any atom is -0.396 e. The van der Waals surface area contributed by atoms with E-state index in [-0.39, 0.29) is 6.61 Å². The number of benzene rings is 1. The predicted molar refractivity (Wildman–Crippen MR) is 51.9 cm³/mol. The highest BCUT2D eigenvalue weighted by molar-refractivity contribution is 5.52. The maximum atomic E-state index is 8.72. The predicted octanol–water partition coefficient (Wildman–Crippen LogP) is 1.76. The Morgan fingerprint density at radius 1 is 1.46 bits per heavy atom. The van der Waals surface area contributed by atoms with Crippen molar-refractivity contribution < 1.29 is 5.11 Å². The first-order chi connectivity index (χ1) is 6.36. The summed E-state index contributed by atoms with van der Waals surface area (Å²) in [6.07, 6.45) is 3.85. The highest BCUT2D eigenvalue weighted by Crippen LogP contribution is 2.07. The number of aliphatic hydroxyl groups excluding tert-OH is 1. The molecule has 1 N–H and O–H groups in total. The summed E-state index contributed by atoms with van der Waals surface area (Å²) in [5.41, 5.74) is 2.08. The van der Waals surface area contributed by atoms with Crippen LogP contribution < -0.4 is 0 Å². The first-order valence-corrected chi connectivity index (χ1v) is 4.13. The van der Waals surface area contributed by atoms with Gasteiger partial charge in [-0.05, 0) is 23.6 Å². The molecule has 0 saturated heterocycles. The van der Waals surface area contributed by atoms with Crippen molar-refractivity contribution in [2.24, 2.45) is 0 Å². The smallest absolute Gasteiger partial charge is 0.0912 e. The van der Waals surface area contributed by atoms with Gasteiger partial charge in [-0.3, -0.25) is 0 Å². The lowest BCUT2D eigenvalue weighted by Gasteiger charge is -1.98. The molecule has 0 amide bonds. The molecule has 0 radical (unpaired) electrons. The molecule has 1 rings (SSSR count). The average Bonchev–Trinajstić information content (AvgIpc) is 2.16. The minimum atomic E-state index is 0.158. The third-order valence-corrected chi connectivity index (χ3v) is 1.70. The zero-order valence-corrected chi connectivity index (χ0v) is 7.27. The maximum absolute atomic E-state index is 8.72. The highest BCUT2D eigenvalue weighted by atomic mass is 16.2. The maximum Gasteiger partial charge on any atom is 0.0912 e. The lowest BCUT2D eigenvalue weighted by atomic mass is 10.1. The van der Waals surface area contributed by atoms with Crippen LogP contribution >= 0.6 is 0 Å². The molecule has 0 fully saturated rings. The zero-order valence-electron chi connectivity index (χ0n) is 7.27. The van der Waals surface area contributed by atoms with E-state index in [4.69, 9.17) is 10.4 Å². The Hall–Kier alpha value is -1.59. The largest absolute Gasteiger partial charge is 0.396 e. The first kappa shape index (κ1) is 9.50. The topological polar surface area (TPSA) is 44.0 Å². The summed E-state index contributed by atoms with van der Waals surface area (Å²) < 4.78 is 0. The molecular weight excluding hydrogens is 162 g/mol. The molecule has 0 aliphatic carbocycles. The summed E-state index contributed by atoms with van der Waals surface area (Å²) in [4.78, 5) is 0. The van der Waals surface area contributed by atoms with Gasteiger partial charge in [-0.15, -0.1) is 0 Å². The summed E-state index contributed by atoms with van der Waals surface area (Å²) in [6, 6.07) is 9.70. The lowest BCUT2D eigenvalue weighted by Crippen LogP contribution is -1.90. The Morgan fingerprint density at radius 2 is 2.31 bits per heavy atom. The Morgan fingerprint density at radius 3 is 3.00 bits per heavy atom. The fourth-order valence-corrected chi connectivity index (χ4v) is 1.11. The molecule has 0 spiro atoms. The monoisotopic (exact) mass is 173 g/mol. The Bertz CT molecular complexity index is 336. The molecule has 0 saturated carbocycles. The molecule has 0 aromatic heterocycles. The van der Waals surface area contributed by atoms with Crippen molar-refractivity contribution in [2.45, 2.75) is 6.42 Å². The van der Waals surface area contributed by atoms with E-state index in [0.29, 0.717) is 6.42 Å². The van der Waals surface area contributed by atoms with Gasteiger partial charge in [0.25, 0.3) is 0 Å². The van der Waals surface area contributed by atoms with E-state index in [0.717, 1.165) is 11.1 Å². The van der Waals surface area contributed by atoms with Crippen molar-refractivity contribution in [3.8, 4) is 6.07 Å². The van der Waals surface area contributed by atoms with Crippen molar-refractivity contribution in [1.29, 1.82) is 5.26 Å². The van der Waals surface area contributed by atoms with Gasteiger partial charge in [-0.25, -0.2) is 0 Å². The molecule has 66 valence electrons. The average molecular weight is 173 g/mol. The van der Waals surface area contributed by atoms with Gasteiger partial charge in [0, 0.05) is 12.7 Å². The summed E-state index contributed by atoms with van der Waals surface area (Å²) >= 11 is 0. The molecule has 0 heterocycles. The molecule has 0 atom stereocenters. The second-order valence-electron chi connectivity index (χ2n) is 2.68. The fraction of sp³-hybridized carbons (Fsp3) is 0.182. The molecular formula is C11H11NO. The standard InChI is InChI=1S/C11H11NO/c12-7-2-5-10-3-1-4-11(9-10)6-8-13/h1-5,9,13H,6,8H2. The van der Waals surface area contributed by atoms with Crippen LogP contribution in [0, 0.1) is 11.3 Å². The number of aliphatic hydroxyl groups is 1. The summed E-state index contributed by atoms with van der Waals surface area (Å²) in [6.45, 7) is 0.158. The number of nitrogens with zero attached hydrogens (tertiary/aromatic N) is 1. The summed E-state index contributed by atoms with van der Waals surface area (Å²) in [7, 11) is 0. The molecule has 0 unspecified atom stereocenters. The van der Waals surface area contributed by atoms with Gasteiger partial charge < -0.3 is 5.11 Å². The quantitative estimate of drug-likeness (QED) is 0.708. The second-order valence-corrected chi connectivity index (χ2v) is 2.68. The van der Waals surface area contributed by atoms with Crippen LogP contribution in [-0.4, -0.2) is 11.7 Å². The Balaban J connectivity index is 2.80. The summed E-state index contributed by atoms with van der Waals surface area (Å²) in [5.74, 6) is 0. The van der Waals surface area contributed by atoms with E-state index < -0.39 is 0 Å². The zero-order chi connectivity index (χ0) is 9.52. The van der Waals surface area contributed by atoms with Crippen molar-refractivity contribution in [3.05, 3.63) is 41.5 Å². The van der Waals surface area contributed by atoms with Gasteiger partial charge in [0.1, 0.15) is 0 Å². The Labute approximate surface area is 77.8 Å². The van der Waals surface area contributed by atoms with Gasteiger partial charge in [0.15, 0.2) is 0 Å². The van der Waals surface area contributed by atoms with E-state index >= 15 is 0 Å². The van der Waals surface area contributed by atoms with Crippen LogP contribution in [0.5, 0.6) is 0 Å². The van der Waals surface area contributed by atoms with Crippen molar-refractivity contribution in [2.75, 3.05) is 6.61 Å². The van der Waals surface area contributed by atoms with Crippen molar-refractivity contribution in [1.82, 2.24) is 0 Å². The highest BCUT2D eigenvalue weighted by Gasteiger charge is 1.91. The molecule has 1 aromatic carbocycles. The molecule has 1 aromatic rings. The molecule has 2 nitrogen and oxygen atoms in total. The normalized spacial score (nSPS) is 10.2. The summed E-state index contributed by atoms with van der Waals surface area (Å²) in [5, 5.41) is 17.0.